The standard InChI is InChI=1S/C19H31NO3/c1-13(11-14(2)21)12-20-18(22)15(3)23-17-9-7-16(8-10-17)19(4,5)6/h7-10,13-15,21H,11-12H2,1-6H3,(H,20,22). The van der Waals surface area contributed by atoms with Gasteiger partial charge < -0.3 is 15.2 Å². The summed E-state index contributed by atoms with van der Waals surface area (Å²) in [6.45, 7) is 12.5. The highest BCUT2D eigenvalue weighted by atomic mass is 16.5. The van der Waals surface area contributed by atoms with E-state index in [9.17, 15) is 9.90 Å². The number of aliphatic hydroxyl groups is 1. The molecule has 3 unspecified atom stereocenters. The molecule has 0 bridgehead atoms. The first kappa shape index (κ1) is 19.5. The SMILES string of the molecule is CC(O)CC(C)CNC(=O)C(C)Oc1ccc(C(C)(C)C)cc1. The van der Waals surface area contributed by atoms with Gasteiger partial charge in [-0.25, -0.2) is 0 Å². The molecule has 3 atom stereocenters. The minimum Gasteiger partial charge on any atom is -0.481 e. The predicted molar refractivity (Wildman–Crippen MR) is 93.7 cm³/mol. The van der Waals surface area contributed by atoms with E-state index in [4.69, 9.17) is 4.74 Å². The molecular weight excluding hydrogens is 290 g/mol. The van der Waals surface area contributed by atoms with Crippen molar-refractivity contribution in [3.8, 4) is 5.75 Å². The fraction of sp³-hybridized carbons (Fsp3) is 0.632. The normalized spacial score (nSPS) is 15.6. The second-order valence-electron chi connectivity index (χ2n) is 7.47. The van der Waals surface area contributed by atoms with E-state index < -0.39 is 6.10 Å². The topological polar surface area (TPSA) is 58.6 Å². The van der Waals surface area contributed by atoms with Gasteiger partial charge in [0, 0.05) is 6.54 Å². The highest BCUT2D eigenvalue weighted by Crippen LogP contribution is 2.24. The van der Waals surface area contributed by atoms with Crippen LogP contribution in [0.15, 0.2) is 24.3 Å². The fourth-order valence-electron chi connectivity index (χ4n) is 2.38. The summed E-state index contributed by atoms with van der Waals surface area (Å²) in [6.07, 6.45) is -0.227. The molecule has 1 amide bonds. The molecule has 0 aliphatic carbocycles. The van der Waals surface area contributed by atoms with Crippen molar-refractivity contribution in [1.82, 2.24) is 5.32 Å². The Morgan fingerprint density at radius 1 is 1.17 bits per heavy atom. The molecule has 1 aromatic carbocycles. The lowest BCUT2D eigenvalue weighted by molar-refractivity contribution is -0.127. The van der Waals surface area contributed by atoms with E-state index in [0.717, 1.165) is 0 Å². The van der Waals surface area contributed by atoms with Crippen LogP contribution in [-0.2, 0) is 10.2 Å². The molecule has 0 saturated carbocycles. The number of amides is 1. The van der Waals surface area contributed by atoms with Gasteiger partial charge in [-0.15, -0.1) is 0 Å². The Labute approximate surface area is 140 Å². The zero-order valence-corrected chi connectivity index (χ0v) is 15.2. The zero-order chi connectivity index (χ0) is 17.6. The van der Waals surface area contributed by atoms with E-state index in [-0.39, 0.29) is 23.3 Å². The number of aliphatic hydroxyl groups excluding tert-OH is 1. The van der Waals surface area contributed by atoms with Crippen LogP contribution in [0.5, 0.6) is 5.75 Å². The van der Waals surface area contributed by atoms with Crippen LogP contribution in [0.2, 0.25) is 0 Å². The van der Waals surface area contributed by atoms with E-state index in [1.165, 1.54) is 5.56 Å². The molecule has 0 spiro atoms. The summed E-state index contributed by atoms with van der Waals surface area (Å²) in [6, 6.07) is 7.87. The molecule has 4 heteroatoms. The molecule has 0 aliphatic rings. The minimum atomic E-state index is -0.547. The summed E-state index contributed by atoms with van der Waals surface area (Å²) in [4.78, 5) is 12.1. The average molecular weight is 321 g/mol. The van der Waals surface area contributed by atoms with Gasteiger partial charge in [0.25, 0.3) is 5.91 Å². The van der Waals surface area contributed by atoms with Gasteiger partial charge in [0.2, 0.25) is 0 Å². The number of nitrogens with one attached hydrogen (secondary N) is 1. The Morgan fingerprint density at radius 3 is 2.22 bits per heavy atom. The number of carbonyl (C=O) groups is 1. The van der Waals surface area contributed by atoms with Gasteiger partial charge in [0.05, 0.1) is 6.10 Å². The maximum Gasteiger partial charge on any atom is 0.260 e. The molecule has 4 nitrogen and oxygen atoms in total. The molecule has 23 heavy (non-hydrogen) atoms. The molecular formula is C19H31NO3. The summed E-state index contributed by atoms with van der Waals surface area (Å²) < 4.78 is 5.70. The van der Waals surface area contributed by atoms with Crippen LogP contribution in [0.4, 0.5) is 0 Å². The molecule has 1 rings (SSSR count). The van der Waals surface area contributed by atoms with Crippen LogP contribution in [-0.4, -0.2) is 29.8 Å². The summed E-state index contributed by atoms with van der Waals surface area (Å²) in [5.74, 6) is 0.789. The van der Waals surface area contributed by atoms with E-state index in [0.29, 0.717) is 18.7 Å². The van der Waals surface area contributed by atoms with E-state index in [1.807, 2.05) is 31.2 Å². The molecule has 0 fully saturated rings. The lowest BCUT2D eigenvalue weighted by Gasteiger charge is -2.20. The van der Waals surface area contributed by atoms with Crippen LogP contribution in [0.1, 0.15) is 53.5 Å². The maximum atomic E-state index is 12.1. The van der Waals surface area contributed by atoms with E-state index in [2.05, 4.69) is 26.1 Å². The molecule has 1 aromatic rings. The largest absolute Gasteiger partial charge is 0.481 e. The van der Waals surface area contributed by atoms with Crippen LogP contribution < -0.4 is 10.1 Å². The van der Waals surface area contributed by atoms with Gasteiger partial charge >= 0.3 is 0 Å². The Morgan fingerprint density at radius 2 is 1.74 bits per heavy atom. The molecule has 0 saturated heterocycles. The third-order valence-corrected chi connectivity index (χ3v) is 3.77. The smallest absolute Gasteiger partial charge is 0.260 e. The first-order chi connectivity index (χ1) is 10.6. The van der Waals surface area contributed by atoms with Crippen molar-refractivity contribution in [2.75, 3.05) is 6.54 Å². The first-order valence-corrected chi connectivity index (χ1v) is 8.32. The highest BCUT2D eigenvalue weighted by molar-refractivity contribution is 5.80. The highest BCUT2D eigenvalue weighted by Gasteiger charge is 2.17. The third-order valence-electron chi connectivity index (χ3n) is 3.77. The number of ether oxygens (including phenoxy) is 1. The third kappa shape index (κ3) is 7.04. The van der Waals surface area contributed by atoms with Gasteiger partial charge in [-0.3, -0.25) is 4.79 Å². The summed E-state index contributed by atoms with van der Waals surface area (Å²) in [7, 11) is 0. The molecule has 130 valence electrons. The van der Waals surface area contributed by atoms with Crippen molar-refractivity contribution >= 4 is 5.91 Å². The van der Waals surface area contributed by atoms with Gasteiger partial charge in [-0.05, 0) is 49.3 Å². The van der Waals surface area contributed by atoms with Gasteiger partial charge in [-0.2, -0.15) is 0 Å². The fourth-order valence-corrected chi connectivity index (χ4v) is 2.38. The molecule has 0 aliphatic heterocycles. The number of hydrogen-bond donors (Lipinski definition) is 2. The molecule has 0 radical (unpaired) electrons. The van der Waals surface area contributed by atoms with Gasteiger partial charge in [-0.1, -0.05) is 39.8 Å². The maximum absolute atomic E-state index is 12.1. The lowest BCUT2D eigenvalue weighted by atomic mass is 9.87. The zero-order valence-electron chi connectivity index (χ0n) is 15.2. The minimum absolute atomic E-state index is 0.0987. The van der Waals surface area contributed by atoms with Crippen molar-refractivity contribution in [3.05, 3.63) is 29.8 Å². The average Bonchev–Trinajstić information content (AvgIpc) is 2.43. The van der Waals surface area contributed by atoms with Crippen molar-refractivity contribution in [2.45, 2.75) is 65.6 Å². The Balaban J connectivity index is 2.49. The lowest BCUT2D eigenvalue weighted by Crippen LogP contribution is -2.38. The van der Waals surface area contributed by atoms with Crippen LogP contribution in [0.25, 0.3) is 0 Å². The van der Waals surface area contributed by atoms with Crippen molar-refractivity contribution in [2.24, 2.45) is 5.92 Å². The summed E-state index contributed by atoms with van der Waals surface area (Å²) in [5.41, 5.74) is 1.33. The predicted octanol–water partition coefficient (Wildman–Crippen LogP) is 3.27. The summed E-state index contributed by atoms with van der Waals surface area (Å²) >= 11 is 0. The van der Waals surface area contributed by atoms with Crippen LogP contribution in [0.3, 0.4) is 0 Å². The quantitative estimate of drug-likeness (QED) is 0.810. The molecule has 0 aromatic heterocycles. The first-order valence-electron chi connectivity index (χ1n) is 8.32. The van der Waals surface area contributed by atoms with Crippen molar-refractivity contribution in [3.63, 3.8) is 0 Å². The van der Waals surface area contributed by atoms with Gasteiger partial charge in [0.1, 0.15) is 5.75 Å². The molecule has 0 heterocycles. The van der Waals surface area contributed by atoms with E-state index in [1.54, 1.807) is 13.8 Å². The second-order valence-corrected chi connectivity index (χ2v) is 7.47. The van der Waals surface area contributed by atoms with E-state index >= 15 is 0 Å². The monoisotopic (exact) mass is 321 g/mol. The molecule has 2 N–H and O–H groups in total. The number of benzene rings is 1. The Kier molecular flexibility index (Phi) is 7.07. The second kappa shape index (κ2) is 8.34. The Bertz CT molecular complexity index is 488. The number of carbonyl (C=O) groups excluding carboxylic acids is 1. The van der Waals surface area contributed by atoms with Crippen LogP contribution >= 0.6 is 0 Å². The van der Waals surface area contributed by atoms with Crippen LogP contribution in [0, 0.1) is 5.92 Å². The number of hydrogen-bond acceptors (Lipinski definition) is 3. The van der Waals surface area contributed by atoms with Crippen molar-refractivity contribution < 1.29 is 14.6 Å². The summed E-state index contributed by atoms with van der Waals surface area (Å²) in [5, 5.41) is 12.2. The Hall–Kier alpha value is -1.55. The van der Waals surface area contributed by atoms with Crippen molar-refractivity contribution in [1.29, 1.82) is 0 Å². The number of rotatable bonds is 7. The van der Waals surface area contributed by atoms with Gasteiger partial charge in [0.15, 0.2) is 6.10 Å².